The summed E-state index contributed by atoms with van der Waals surface area (Å²) in [4.78, 5) is 13.8. The number of fused-ring (bicyclic) bond motifs is 1. The van der Waals surface area contributed by atoms with Crippen LogP contribution in [0.15, 0.2) is 45.6 Å². The zero-order chi connectivity index (χ0) is 31.2. The van der Waals surface area contributed by atoms with E-state index in [9.17, 15) is 45.6 Å². The zero-order valence-corrected chi connectivity index (χ0v) is 22.9. The van der Waals surface area contributed by atoms with Crippen molar-refractivity contribution < 1.29 is 69.0 Å². The van der Waals surface area contributed by atoms with E-state index in [2.05, 4.69) is 0 Å². The van der Waals surface area contributed by atoms with Gasteiger partial charge in [0.1, 0.15) is 70.9 Å². The van der Waals surface area contributed by atoms with E-state index in [0.717, 1.165) is 6.07 Å². The molecule has 2 fully saturated rings. The molecule has 2 aliphatic rings. The molecule has 0 spiro atoms. The van der Waals surface area contributed by atoms with Gasteiger partial charge in [-0.05, 0) is 31.2 Å². The van der Waals surface area contributed by atoms with Crippen LogP contribution in [0.2, 0.25) is 0 Å². The van der Waals surface area contributed by atoms with Crippen LogP contribution in [0.3, 0.4) is 0 Å². The quantitative estimate of drug-likeness (QED) is 0.153. The van der Waals surface area contributed by atoms with Crippen LogP contribution in [0.25, 0.3) is 22.3 Å². The molecular formula is C28H32O15. The van der Waals surface area contributed by atoms with Crippen molar-refractivity contribution in [2.75, 3.05) is 13.7 Å². The first-order valence-electron chi connectivity index (χ1n) is 13.3. The Morgan fingerprint density at radius 1 is 0.791 bits per heavy atom. The molecule has 2 aromatic carbocycles. The SMILES string of the molecule is COc1ccc(-c2oc3cc(OC4OC(CO)C(O)C(O)C4O)cc(O)c3c(=O)c2OC2OC(C)C(O)C(O)C2O)cc1. The summed E-state index contributed by atoms with van der Waals surface area (Å²) in [6, 6.07) is 8.45. The molecule has 2 aliphatic heterocycles. The largest absolute Gasteiger partial charge is 0.507 e. The normalized spacial score (nSPS) is 32.9. The fourth-order valence-corrected chi connectivity index (χ4v) is 4.89. The van der Waals surface area contributed by atoms with E-state index in [1.165, 1.54) is 20.1 Å². The van der Waals surface area contributed by atoms with Gasteiger partial charge in [0.2, 0.25) is 23.8 Å². The van der Waals surface area contributed by atoms with Crippen LogP contribution in [0, 0.1) is 0 Å². The second-order valence-electron chi connectivity index (χ2n) is 10.2. The molecule has 1 aromatic heterocycles. The van der Waals surface area contributed by atoms with Crippen molar-refractivity contribution in [1.29, 1.82) is 0 Å². The van der Waals surface area contributed by atoms with Crippen LogP contribution in [0.1, 0.15) is 6.92 Å². The highest BCUT2D eigenvalue weighted by Crippen LogP contribution is 2.38. The number of hydrogen-bond acceptors (Lipinski definition) is 15. The Labute approximate surface area is 243 Å². The maximum Gasteiger partial charge on any atom is 0.239 e. The molecule has 0 amide bonds. The Balaban J connectivity index is 1.58. The number of aliphatic hydroxyl groups is 7. The van der Waals surface area contributed by atoms with Crippen molar-refractivity contribution in [2.45, 2.75) is 68.3 Å². The highest BCUT2D eigenvalue weighted by molar-refractivity contribution is 5.88. The van der Waals surface area contributed by atoms with E-state index >= 15 is 0 Å². The highest BCUT2D eigenvalue weighted by Gasteiger charge is 2.45. The molecule has 3 aromatic rings. The Morgan fingerprint density at radius 2 is 1.42 bits per heavy atom. The van der Waals surface area contributed by atoms with Gasteiger partial charge >= 0.3 is 0 Å². The molecule has 15 heteroatoms. The van der Waals surface area contributed by atoms with Crippen molar-refractivity contribution in [2.24, 2.45) is 0 Å². The average molecular weight is 609 g/mol. The van der Waals surface area contributed by atoms with Gasteiger partial charge < -0.3 is 69.0 Å². The van der Waals surface area contributed by atoms with Gasteiger partial charge in [0.25, 0.3) is 0 Å². The van der Waals surface area contributed by atoms with E-state index < -0.39 is 84.9 Å². The molecule has 43 heavy (non-hydrogen) atoms. The maximum atomic E-state index is 13.8. The van der Waals surface area contributed by atoms with Gasteiger partial charge in [-0.2, -0.15) is 0 Å². The zero-order valence-electron chi connectivity index (χ0n) is 22.9. The van der Waals surface area contributed by atoms with Gasteiger partial charge in [0, 0.05) is 17.7 Å². The second-order valence-corrected chi connectivity index (χ2v) is 10.2. The lowest BCUT2D eigenvalue weighted by atomic mass is 9.99. The first-order chi connectivity index (χ1) is 20.4. The molecule has 10 atom stereocenters. The van der Waals surface area contributed by atoms with Gasteiger partial charge in [-0.3, -0.25) is 4.79 Å². The maximum absolute atomic E-state index is 13.8. The predicted molar refractivity (Wildman–Crippen MR) is 144 cm³/mol. The minimum absolute atomic E-state index is 0.173. The third kappa shape index (κ3) is 5.74. The standard InChI is InChI=1S/C28H32O15/c1-10-18(31)21(34)23(36)27(39-10)43-26-20(33)17-14(30)7-13(40-28-24(37)22(35)19(32)16(9-29)42-28)8-15(17)41-25(26)11-3-5-12(38-2)6-4-11/h3-8,10,16,18-19,21-24,27-32,34-37H,9H2,1-2H3. The average Bonchev–Trinajstić information content (AvgIpc) is 2.99. The number of phenolic OH excluding ortho intramolecular Hbond substituents is 1. The van der Waals surface area contributed by atoms with E-state index in [0.29, 0.717) is 11.3 Å². The lowest BCUT2D eigenvalue weighted by molar-refractivity contribution is -0.277. The third-order valence-electron chi connectivity index (χ3n) is 7.40. The molecule has 0 bridgehead atoms. The molecule has 0 saturated carbocycles. The summed E-state index contributed by atoms with van der Waals surface area (Å²) in [7, 11) is 1.46. The van der Waals surface area contributed by atoms with Crippen LogP contribution < -0.4 is 19.6 Å². The molecule has 15 nitrogen and oxygen atoms in total. The van der Waals surface area contributed by atoms with Crippen molar-refractivity contribution in [3.8, 4) is 34.3 Å². The summed E-state index contributed by atoms with van der Waals surface area (Å²) in [5.74, 6) is -1.00. The number of aromatic hydroxyl groups is 1. The van der Waals surface area contributed by atoms with Crippen LogP contribution in [0.5, 0.6) is 23.0 Å². The number of aliphatic hydroxyl groups excluding tert-OH is 7. The third-order valence-corrected chi connectivity index (χ3v) is 7.40. The number of methoxy groups -OCH3 is 1. The number of rotatable bonds is 7. The Morgan fingerprint density at radius 3 is 2.05 bits per heavy atom. The summed E-state index contributed by atoms with van der Waals surface area (Å²) >= 11 is 0. The smallest absolute Gasteiger partial charge is 0.239 e. The van der Waals surface area contributed by atoms with E-state index in [-0.39, 0.29) is 22.5 Å². The topological polar surface area (TPSA) is 238 Å². The van der Waals surface area contributed by atoms with Gasteiger partial charge in [-0.1, -0.05) is 0 Å². The second kappa shape index (κ2) is 12.2. The molecule has 5 rings (SSSR count). The Bertz CT molecular complexity index is 1490. The summed E-state index contributed by atoms with van der Waals surface area (Å²) < 4.78 is 33.4. The van der Waals surface area contributed by atoms with Crippen LogP contribution in [0.4, 0.5) is 0 Å². The molecule has 3 heterocycles. The van der Waals surface area contributed by atoms with Crippen molar-refractivity contribution in [3.05, 3.63) is 46.6 Å². The van der Waals surface area contributed by atoms with Crippen LogP contribution >= 0.6 is 0 Å². The van der Waals surface area contributed by atoms with E-state index in [4.69, 9.17) is 28.1 Å². The Hall–Kier alpha value is -3.51. The monoisotopic (exact) mass is 608 g/mol. The lowest BCUT2D eigenvalue weighted by Crippen LogP contribution is -2.60. The van der Waals surface area contributed by atoms with Gasteiger partial charge in [0.05, 0.1) is 19.8 Å². The lowest BCUT2D eigenvalue weighted by Gasteiger charge is -2.39. The molecule has 10 unspecified atom stereocenters. The van der Waals surface area contributed by atoms with Crippen LogP contribution in [-0.2, 0) is 9.47 Å². The molecule has 0 radical (unpaired) electrons. The van der Waals surface area contributed by atoms with Crippen molar-refractivity contribution in [3.63, 3.8) is 0 Å². The number of phenols is 1. The van der Waals surface area contributed by atoms with Gasteiger partial charge in [-0.25, -0.2) is 0 Å². The fourth-order valence-electron chi connectivity index (χ4n) is 4.89. The van der Waals surface area contributed by atoms with E-state index in [1.807, 2.05) is 0 Å². The summed E-state index contributed by atoms with van der Waals surface area (Å²) in [5, 5.41) is 81.2. The fraction of sp³-hybridized carbons (Fsp3) is 0.464. The first kappa shape index (κ1) is 30.9. The Kier molecular flexibility index (Phi) is 8.80. The van der Waals surface area contributed by atoms with Crippen molar-refractivity contribution >= 4 is 11.0 Å². The number of benzene rings is 2. The first-order valence-corrected chi connectivity index (χ1v) is 13.3. The van der Waals surface area contributed by atoms with Crippen LogP contribution in [-0.4, -0.2) is 116 Å². The molecule has 234 valence electrons. The number of ether oxygens (including phenoxy) is 5. The van der Waals surface area contributed by atoms with E-state index in [1.54, 1.807) is 24.3 Å². The van der Waals surface area contributed by atoms with Gasteiger partial charge in [0.15, 0.2) is 5.76 Å². The summed E-state index contributed by atoms with van der Waals surface area (Å²) in [6.07, 6.45) is -15.3. The van der Waals surface area contributed by atoms with Crippen molar-refractivity contribution in [1.82, 2.24) is 0 Å². The molecular weight excluding hydrogens is 576 g/mol. The highest BCUT2D eigenvalue weighted by atomic mass is 16.7. The summed E-state index contributed by atoms with van der Waals surface area (Å²) in [5.41, 5.74) is -0.807. The molecule has 0 aliphatic carbocycles. The summed E-state index contributed by atoms with van der Waals surface area (Å²) in [6.45, 7) is 0.747. The van der Waals surface area contributed by atoms with Gasteiger partial charge in [-0.15, -0.1) is 0 Å². The molecule has 8 N–H and O–H groups in total. The number of hydrogen-bond donors (Lipinski definition) is 8. The minimum Gasteiger partial charge on any atom is -0.507 e. The molecule has 2 saturated heterocycles. The minimum atomic E-state index is -1.76. The predicted octanol–water partition coefficient (Wildman–Crippen LogP) is -1.44.